The standard InChI is InChI=1S/C28H27N5O4/c1-36-22-10-6-4-8-20(22)28(35)30-16-17-11-12-19(23(15-17)37-2)25-24(26(29)34)27-31-21-9-5-3-7-18(21)13-14-33(27)32-25/h3-12,15,31H,13-14,16H2,1-2H3,(H2,29,34)(H,30,35). The lowest BCUT2D eigenvalue weighted by Crippen LogP contribution is -2.23. The normalized spacial score (nSPS) is 11.9. The first-order valence-electron chi connectivity index (χ1n) is 11.8. The second-order valence-corrected chi connectivity index (χ2v) is 8.61. The van der Waals surface area contributed by atoms with Gasteiger partial charge >= 0.3 is 0 Å². The van der Waals surface area contributed by atoms with E-state index in [0.29, 0.717) is 46.2 Å². The van der Waals surface area contributed by atoms with Crippen LogP contribution in [0.15, 0.2) is 66.7 Å². The molecule has 0 bridgehead atoms. The van der Waals surface area contributed by atoms with E-state index in [1.165, 1.54) is 7.11 Å². The molecule has 4 N–H and O–H groups in total. The SMILES string of the molecule is COc1ccccc1C(=O)NCc1ccc(-c2nn3c(c2C(N)=O)Nc2ccccc2CC3)c(OC)c1. The topological polar surface area (TPSA) is 121 Å². The number of fused-ring (bicyclic) bond motifs is 2. The maximum absolute atomic E-state index is 12.7. The van der Waals surface area contributed by atoms with Gasteiger partial charge < -0.3 is 25.8 Å². The number of aromatic nitrogens is 2. The van der Waals surface area contributed by atoms with Crippen LogP contribution in [0, 0.1) is 0 Å². The molecule has 0 radical (unpaired) electrons. The fourth-order valence-corrected chi connectivity index (χ4v) is 4.54. The lowest BCUT2D eigenvalue weighted by atomic mass is 10.0. The predicted octanol–water partition coefficient (Wildman–Crippen LogP) is 3.90. The molecular weight excluding hydrogens is 470 g/mol. The average Bonchev–Trinajstić information content (AvgIpc) is 3.18. The molecule has 0 saturated carbocycles. The number of primary amides is 1. The van der Waals surface area contributed by atoms with Crippen LogP contribution in [0.1, 0.15) is 31.8 Å². The van der Waals surface area contributed by atoms with Gasteiger partial charge in [-0.3, -0.25) is 9.59 Å². The maximum Gasteiger partial charge on any atom is 0.255 e. The van der Waals surface area contributed by atoms with Crippen molar-refractivity contribution in [3.05, 3.63) is 89.0 Å². The van der Waals surface area contributed by atoms with Crippen LogP contribution < -0.4 is 25.8 Å². The summed E-state index contributed by atoms with van der Waals surface area (Å²) in [6.45, 7) is 0.864. The molecule has 0 spiro atoms. The molecule has 1 aromatic heterocycles. The van der Waals surface area contributed by atoms with E-state index in [4.69, 9.17) is 20.3 Å². The van der Waals surface area contributed by atoms with Crippen molar-refractivity contribution >= 4 is 23.3 Å². The van der Waals surface area contributed by atoms with Gasteiger partial charge in [0, 0.05) is 24.3 Å². The van der Waals surface area contributed by atoms with Crippen LogP contribution in [-0.4, -0.2) is 35.8 Å². The average molecular weight is 498 g/mol. The summed E-state index contributed by atoms with van der Waals surface area (Å²) in [5.41, 5.74) is 10.5. The van der Waals surface area contributed by atoms with Gasteiger partial charge in [0.25, 0.3) is 11.8 Å². The van der Waals surface area contributed by atoms with Gasteiger partial charge in [-0.05, 0) is 47.9 Å². The van der Waals surface area contributed by atoms with E-state index in [2.05, 4.69) is 10.6 Å². The number of rotatable bonds is 7. The van der Waals surface area contributed by atoms with E-state index >= 15 is 0 Å². The van der Waals surface area contributed by atoms with Gasteiger partial charge in [-0.2, -0.15) is 5.10 Å². The van der Waals surface area contributed by atoms with Crippen LogP contribution in [-0.2, 0) is 19.5 Å². The minimum Gasteiger partial charge on any atom is -0.496 e. The number of benzene rings is 3. The molecule has 0 fully saturated rings. The fourth-order valence-electron chi connectivity index (χ4n) is 4.54. The third-order valence-corrected chi connectivity index (χ3v) is 6.39. The Bertz CT molecular complexity index is 1490. The summed E-state index contributed by atoms with van der Waals surface area (Å²) in [6.07, 6.45) is 0.761. The number of nitrogens with one attached hydrogen (secondary N) is 2. The number of carbonyl (C=O) groups excluding carboxylic acids is 2. The van der Waals surface area contributed by atoms with Crippen LogP contribution in [0.25, 0.3) is 11.3 Å². The molecule has 188 valence electrons. The van der Waals surface area contributed by atoms with Crippen LogP contribution in [0.5, 0.6) is 11.5 Å². The number of ether oxygens (including phenoxy) is 2. The quantitative estimate of drug-likeness (QED) is 0.356. The van der Waals surface area contributed by atoms with Crippen molar-refractivity contribution in [2.24, 2.45) is 5.73 Å². The Hall–Kier alpha value is -4.79. The zero-order valence-corrected chi connectivity index (χ0v) is 20.6. The Morgan fingerprint density at radius 2 is 1.78 bits per heavy atom. The summed E-state index contributed by atoms with van der Waals surface area (Å²) < 4.78 is 12.7. The molecular formula is C28H27N5O4. The summed E-state index contributed by atoms with van der Waals surface area (Å²) >= 11 is 0. The van der Waals surface area contributed by atoms with Crippen molar-refractivity contribution in [2.45, 2.75) is 19.5 Å². The molecule has 9 heteroatoms. The number of carbonyl (C=O) groups is 2. The van der Waals surface area contributed by atoms with E-state index in [1.54, 1.807) is 30.0 Å². The molecule has 0 aliphatic carbocycles. The maximum atomic E-state index is 12.7. The van der Waals surface area contributed by atoms with Gasteiger partial charge in [-0.25, -0.2) is 4.68 Å². The van der Waals surface area contributed by atoms with Gasteiger partial charge in [0.05, 0.1) is 19.8 Å². The van der Waals surface area contributed by atoms with E-state index in [9.17, 15) is 9.59 Å². The van der Waals surface area contributed by atoms with Crippen molar-refractivity contribution < 1.29 is 19.1 Å². The fraction of sp³-hybridized carbons (Fsp3) is 0.179. The molecule has 2 heterocycles. The Kier molecular flexibility index (Phi) is 6.51. The number of aryl methyl sites for hydroxylation is 2. The van der Waals surface area contributed by atoms with Crippen molar-refractivity contribution in [3.63, 3.8) is 0 Å². The highest BCUT2D eigenvalue weighted by Crippen LogP contribution is 2.38. The van der Waals surface area contributed by atoms with Crippen molar-refractivity contribution in [3.8, 4) is 22.8 Å². The van der Waals surface area contributed by atoms with E-state index in [-0.39, 0.29) is 12.5 Å². The minimum atomic E-state index is -0.585. The van der Waals surface area contributed by atoms with Crippen LogP contribution in [0.4, 0.5) is 11.5 Å². The number of hydrogen-bond donors (Lipinski definition) is 3. The molecule has 37 heavy (non-hydrogen) atoms. The lowest BCUT2D eigenvalue weighted by molar-refractivity contribution is 0.0946. The van der Waals surface area contributed by atoms with Crippen LogP contribution in [0.2, 0.25) is 0 Å². The second kappa shape index (κ2) is 10.1. The number of amides is 2. The summed E-state index contributed by atoms with van der Waals surface area (Å²) in [5, 5.41) is 11.0. The van der Waals surface area contributed by atoms with E-state index in [0.717, 1.165) is 23.2 Å². The van der Waals surface area contributed by atoms with Crippen molar-refractivity contribution in [1.82, 2.24) is 15.1 Å². The molecule has 0 unspecified atom stereocenters. The first-order chi connectivity index (χ1) is 18.0. The summed E-state index contributed by atoms with van der Waals surface area (Å²) in [5.74, 6) is 0.740. The highest BCUT2D eigenvalue weighted by Gasteiger charge is 2.27. The number of hydrogen-bond acceptors (Lipinski definition) is 6. The third kappa shape index (κ3) is 4.58. The van der Waals surface area contributed by atoms with Crippen molar-refractivity contribution in [2.75, 3.05) is 19.5 Å². The number of anilines is 2. The Balaban J connectivity index is 1.44. The Morgan fingerprint density at radius 1 is 1.03 bits per heavy atom. The zero-order valence-electron chi connectivity index (χ0n) is 20.6. The van der Waals surface area contributed by atoms with Gasteiger partial charge in [0.1, 0.15) is 28.6 Å². The first kappa shape index (κ1) is 23.9. The van der Waals surface area contributed by atoms with Gasteiger partial charge in [0.2, 0.25) is 0 Å². The molecule has 1 aliphatic rings. The molecule has 0 atom stereocenters. The number of para-hydroxylation sites is 2. The second-order valence-electron chi connectivity index (χ2n) is 8.61. The molecule has 1 aliphatic heterocycles. The van der Waals surface area contributed by atoms with Crippen molar-refractivity contribution in [1.29, 1.82) is 0 Å². The monoisotopic (exact) mass is 497 g/mol. The highest BCUT2D eigenvalue weighted by molar-refractivity contribution is 6.05. The molecule has 5 rings (SSSR count). The lowest BCUT2D eigenvalue weighted by Gasteiger charge is -2.12. The van der Waals surface area contributed by atoms with E-state index in [1.807, 2.05) is 48.5 Å². The largest absolute Gasteiger partial charge is 0.496 e. The first-order valence-corrected chi connectivity index (χ1v) is 11.8. The predicted molar refractivity (Wildman–Crippen MR) is 140 cm³/mol. The molecule has 4 aromatic rings. The van der Waals surface area contributed by atoms with Crippen LogP contribution in [0.3, 0.4) is 0 Å². The molecule has 3 aromatic carbocycles. The van der Waals surface area contributed by atoms with Crippen LogP contribution >= 0.6 is 0 Å². The Morgan fingerprint density at radius 3 is 2.57 bits per heavy atom. The summed E-state index contributed by atoms with van der Waals surface area (Å²) in [7, 11) is 3.08. The zero-order chi connectivity index (χ0) is 25.9. The number of nitrogens with two attached hydrogens (primary N) is 1. The molecule has 9 nitrogen and oxygen atoms in total. The van der Waals surface area contributed by atoms with Gasteiger partial charge in [0.15, 0.2) is 0 Å². The Labute approximate surface area is 214 Å². The molecule has 0 saturated heterocycles. The smallest absolute Gasteiger partial charge is 0.255 e. The van der Waals surface area contributed by atoms with Gasteiger partial charge in [-0.1, -0.05) is 36.4 Å². The number of nitrogens with zero attached hydrogens (tertiary/aromatic N) is 2. The summed E-state index contributed by atoms with van der Waals surface area (Å²) in [6, 6.07) is 20.5. The minimum absolute atomic E-state index is 0.249. The van der Waals surface area contributed by atoms with Gasteiger partial charge in [-0.15, -0.1) is 0 Å². The highest BCUT2D eigenvalue weighted by atomic mass is 16.5. The number of methoxy groups -OCH3 is 2. The summed E-state index contributed by atoms with van der Waals surface area (Å²) in [4.78, 5) is 25.3. The third-order valence-electron chi connectivity index (χ3n) is 6.39. The molecule has 2 amide bonds. The van der Waals surface area contributed by atoms with E-state index < -0.39 is 5.91 Å².